The van der Waals surface area contributed by atoms with Gasteiger partial charge in [0.1, 0.15) is 21.2 Å². The van der Waals surface area contributed by atoms with Gasteiger partial charge in [-0.05, 0) is 82.2 Å². The lowest BCUT2D eigenvalue weighted by molar-refractivity contribution is -0.154. The van der Waals surface area contributed by atoms with E-state index in [1.807, 2.05) is 12.1 Å². The zero-order chi connectivity index (χ0) is 25.0. The molecule has 192 valence electrons. The summed E-state index contributed by atoms with van der Waals surface area (Å²) in [4.78, 5) is 14.3. The Bertz CT molecular complexity index is 922. The number of hydrogen-bond donors (Lipinski definition) is 1. The van der Waals surface area contributed by atoms with Gasteiger partial charge in [-0.3, -0.25) is 4.79 Å². The average Bonchev–Trinajstić information content (AvgIpc) is 3.00. The molecule has 3 saturated heterocycles. The Labute approximate surface area is 205 Å². The normalized spacial score (nSPS) is 22.3. The number of hydrogen-bond acceptors (Lipinski definition) is 7. The van der Waals surface area contributed by atoms with Crippen LogP contribution in [0.15, 0.2) is 24.3 Å². The Balaban J connectivity index is 1.41. The molecule has 0 aromatic heterocycles. The quantitative estimate of drug-likeness (QED) is 0.391. The maximum Gasteiger partial charge on any atom is 0.306 e. The summed E-state index contributed by atoms with van der Waals surface area (Å²) in [5.41, 5.74) is 0.942. The summed E-state index contributed by atoms with van der Waals surface area (Å²) >= 11 is 0. The summed E-state index contributed by atoms with van der Waals surface area (Å²) in [6, 6.07) is 8.64. The summed E-state index contributed by atoms with van der Waals surface area (Å²) in [5.74, 6) is 1.10. The number of anilines is 1. The van der Waals surface area contributed by atoms with Crippen LogP contribution in [0.5, 0.6) is 5.75 Å². The molecule has 3 aliphatic heterocycles. The van der Waals surface area contributed by atoms with Crippen molar-refractivity contribution in [3.63, 3.8) is 0 Å². The Morgan fingerprint density at radius 1 is 1.12 bits per heavy atom. The van der Waals surface area contributed by atoms with Crippen LogP contribution in [0.25, 0.3) is 0 Å². The number of carbonyl (C=O) groups excluding carboxylic acids is 1. The van der Waals surface area contributed by atoms with Crippen LogP contribution >= 0.6 is 0 Å². The Hall–Kier alpha value is -1.80. The van der Waals surface area contributed by atoms with Crippen molar-refractivity contribution in [1.29, 1.82) is 0 Å². The summed E-state index contributed by atoms with van der Waals surface area (Å²) in [7, 11) is -3.22. The molecule has 0 radical (unpaired) electrons. The molecule has 1 aromatic rings. The van der Waals surface area contributed by atoms with Crippen LogP contribution in [0.2, 0.25) is 0 Å². The zero-order valence-electron chi connectivity index (χ0n) is 21.4. The van der Waals surface area contributed by atoms with Crippen molar-refractivity contribution in [2.24, 2.45) is 11.3 Å². The Morgan fingerprint density at radius 3 is 2.47 bits per heavy atom. The molecular formula is C26H42N2O5S. The molecule has 0 saturated carbocycles. The van der Waals surface area contributed by atoms with E-state index in [1.165, 1.54) is 12.1 Å². The van der Waals surface area contributed by atoms with Gasteiger partial charge < -0.3 is 19.7 Å². The van der Waals surface area contributed by atoms with Crippen LogP contribution in [0.4, 0.5) is 5.69 Å². The van der Waals surface area contributed by atoms with E-state index in [-0.39, 0.29) is 35.7 Å². The van der Waals surface area contributed by atoms with E-state index in [1.54, 1.807) is 20.8 Å². The van der Waals surface area contributed by atoms with Gasteiger partial charge in [-0.25, -0.2) is 8.42 Å². The molecule has 2 atom stereocenters. The van der Waals surface area contributed by atoms with Crippen LogP contribution in [0, 0.1) is 11.3 Å². The molecule has 1 N–H and O–H groups in total. The van der Waals surface area contributed by atoms with E-state index >= 15 is 0 Å². The number of carbonyl (C=O) groups is 1. The molecule has 0 unspecified atom stereocenters. The highest BCUT2D eigenvalue weighted by Gasteiger charge is 2.43. The van der Waals surface area contributed by atoms with Crippen LogP contribution < -0.4 is 15.0 Å². The molecule has 2 bridgehead atoms. The van der Waals surface area contributed by atoms with Gasteiger partial charge >= 0.3 is 5.97 Å². The smallest absolute Gasteiger partial charge is 0.306 e. The molecule has 1 aromatic carbocycles. The van der Waals surface area contributed by atoms with Crippen LogP contribution in [0.1, 0.15) is 60.3 Å². The van der Waals surface area contributed by atoms with Gasteiger partial charge in [0.05, 0.1) is 18.1 Å². The van der Waals surface area contributed by atoms with Crippen LogP contribution in [0.3, 0.4) is 0 Å². The number of fused-ring (bicyclic) bond motifs is 4. The van der Waals surface area contributed by atoms with Crippen molar-refractivity contribution in [1.82, 2.24) is 5.32 Å². The summed E-state index contributed by atoms with van der Waals surface area (Å²) < 4.78 is 35.5. The SMILES string of the molecule is CC(C)(C)OC(=O)CCCS(=O)(=O)CCCOc1ccc(N2C[C@H]3CNC[C@@H]2C(C)(C)C3)cc1. The molecule has 3 aliphatic rings. The van der Waals surface area contributed by atoms with Crippen LogP contribution in [-0.4, -0.2) is 63.8 Å². The lowest BCUT2D eigenvalue weighted by Gasteiger charge is -2.48. The third kappa shape index (κ3) is 7.87. The summed E-state index contributed by atoms with van der Waals surface area (Å²) in [6.45, 7) is 13.6. The number of sulfone groups is 1. The lowest BCUT2D eigenvalue weighted by atomic mass is 9.73. The van der Waals surface area contributed by atoms with Gasteiger partial charge in [-0.2, -0.15) is 0 Å². The lowest BCUT2D eigenvalue weighted by Crippen LogP contribution is -2.53. The van der Waals surface area contributed by atoms with Gasteiger partial charge in [-0.15, -0.1) is 0 Å². The fraction of sp³-hybridized carbons (Fsp3) is 0.731. The van der Waals surface area contributed by atoms with E-state index in [9.17, 15) is 13.2 Å². The molecule has 8 heteroatoms. The molecule has 0 amide bonds. The van der Waals surface area contributed by atoms with Crippen molar-refractivity contribution in [2.75, 3.05) is 42.6 Å². The minimum absolute atomic E-state index is 0.00978. The standard InChI is InChI=1S/C26H42N2O5S/c1-25(2,3)33-24(29)8-6-14-34(30,31)15-7-13-32-22-11-9-21(10-12-22)28-19-20-16-26(4,5)23(28)18-27-17-20/h9-12,20,23,27H,6-8,13-19H2,1-5H3/t20-,23-/m1/s1. The Kier molecular flexibility index (Phi) is 8.56. The minimum atomic E-state index is -3.22. The topological polar surface area (TPSA) is 84.9 Å². The number of nitrogens with one attached hydrogen (secondary N) is 1. The van der Waals surface area contributed by atoms with Crippen LogP contribution in [-0.2, 0) is 19.4 Å². The van der Waals surface area contributed by atoms with Gasteiger partial charge in [-0.1, -0.05) is 13.8 Å². The second-order valence-electron chi connectivity index (χ2n) is 11.4. The van der Waals surface area contributed by atoms with Crippen molar-refractivity contribution >= 4 is 21.5 Å². The highest BCUT2D eigenvalue weighted by Crippen LogP contribution is 2.41. The molecule has 3 heterocycles. The zero-order valence-corrected chi connectivity index (χ0v) is 22.2. The van der Waals surface area contributed by atoms with Crippen molar-refractivity contribution in [2.45, 2.75) is 71.9 Å². The van der Waals surface area contributed by atoms with E-state index in [0.29, 0.717) is 25.0 Å². The molecule has 4 rings (SSSR count). The fourth-order valence-corrected chi connectivity index (χ4v) is 6.48. The van der Waals surface area contributed by atoms with Gasteiger partial charge in [0, 0.05) is 31.2 Å². The first kappa shape index (κ1) is 26.8. The second kappa shape index (κ2) is 10.9. The molecule has 0 aliphatic carbocycles. The first-order chi connectivity index (χ1) is 15.8. The Morgan fingerprint density at radius 2 is 1.79 bits per heavy atom. The highest BCUT2D eigenvalue weighted by atomic mass is 32.2. The average molecular weight is 495 g/mol. The van der Waals surface area contributed by atoms with Crippen molar-refractivity contribution in [3.8, 4) is 5.75 Å². The number of nitrogens with zero attached hydrogens (tertiary/aromatic N) is 1. The summed E-state index contributed by atoms with van der Waals surface area (Å²) in [5, 5.41) is 3.61. The molecule has 3 fully saturated rings. The van der Waals surface area contributed by atoms with E-state index in [4.69, 9.17) is 9.47 Å². The predicted octanol–water partition coefficient (Wildman–Crippen LogP) is 3.82. The largest absolute Gasteiger partial charge is 0.494 e. The molecule has 7 nitrogen and oxygen atoms in total. The van der Waals surface area contributed by atoms with E-state index in [0.717, 1.165) is 25.4 Å². The predicted molar refractivity (Wildman–Crippen MR) is 136 cm³/mol. The first-order valence-electron chi connectivity index (χ1n) is 12.5. The first-order valence-corrected chi connectivity index (χ1v) is 14.3. The maximum atomic E-state index is 12.3. The molecular weight excluding hydrogens is 452 g/mol. The van der Waals surface area contributed by atoms with Gasteiger partial charge in [0.25, 0.3) is 0 Å². The van der Waals surface area contributed by atoms with Gasteiger partial charge in [0.2, 0.25) is 0 Å². The van der Waals surface area contributed by atoms with Gasteiger partial charge in [0.15, 0.2) is 0 Å². The number of esters is 1. The second-order valence-corrected chi connectivity index (χ2v) is 13.7. The minimum Gasteiger partial charge on any atom is -0.494 e. The number of ether oxygens (including phenoxy) is 2. The van der Waals surface area contributed by atoms with E-state index in [2.05, 4.69) is 36.2 Å². The number of piperidine rings is 1. The highest BCUT2D eigenvalue weighted by molar-refractivity contribution is 7.91. The third-order valence-corrected chi connectivity index (χ3v) is 8.43. The molecule has 0 spiro atoms. The maximum absolute atomic E-state index is 12.3. The summed E-state index contributed by atoms with van der Waals surface area (Å²) in [6.07, 6.45) is 2.08. The fourth-order valence-electron chi connectivity index (χ4n) is 5.14. The van der Waals surface area contributed by atoms with Crippen molar-refractivity contribution in [3.05, 3.63) is 24.3 Å². The molecule has 34 heavy (non-hydrogen) atoms. The van der Waals surface area contributed by atoms with Crippen molar-refractivity contribution < 1.29 is 22.7 Å². The number of benzene rings is 1. The van der Waals surface area contributed by atoms with E-state index < -0.39 is 15.4 Å². The third-order valence-electron chi connectivity index (χ3n) is 6.61. The monoisotopic (exact) mass is 494 g/mol. The number of rotatable bonds is 10.